The molecule has 6 nitrogen and oxygen atoms in total. The van der Waals surface area contributed by atoms with Gasteiger partial charge < -0.3 is 19.0 Å². The minimum Gasteiger partial charge on any atom is -0.381 e. The van der Waals surface area contributed by atoms with E-state index in [0.29, 0.717) is 30.7 Å². The van der Waals surface area contributed by atoms with Crippen LogP contribution in [0.1, 0.15) is 103 Å². The van der Waals surface area contributed by atoms with Crippen molar-refractivity contribution in [3.05, 3.63) is 12.2 Å². The fourth-order valence-corrected chi connectivity index (χ4v) is 4.31. The Morgan fingerprint density at radius 2 is 1.28 bits per heavy atom. The number of allylic oxidation sites excluding steroid dienone is 2. The maximum absolute atomic E-state index is 11.1. The summed E-state index contributed by atoms with van der Waals surface area (Å²) >= 11 is 0. The van der Waals surface area contributed by atoms with Gasteiger partial charge in [0.15, 0.2) is 0 Å². The normalized spacial score (nSPS) is 13.8. The second-order valence-corrected chi connectivity index (χ2v) is 11.2. The maximum Gasteiger partial charge on any atom is 0.470 e. The Morgan fingerprint density at radius 1 is 0.781 bits per heavy atom. The van der Waals surface area contributed by atoms with Gasteiger partial charge in [-0.05, 0) is 32.1 Å². The number of likely N-dealkylation sites (N-methyl/N-ethyl adjacent to an activating group) is 1. The number of unbranched alkanes of at least 4 members (excludes halogenated alkanes) is 12. The van der Waals surface area contributed by atoms with Crippen molar-refractivity contribution in [2.45, 2.75) is 109 Å². The van der Waals surface area contributed by atoms with Crippen molar-refractivity contribution in [2.24, 2.45) is 0 Å². The number of quaternary nitrogens is 1. The van der Waals surface area contributed by atoms with Crippen LogP contribution in [0, 0.1) is 0 Å². The lowest BCUT2D eigenvalue weighted by molar-refractivity contribution is -0.873. The monoisotopic (exact) mass is 478 g/mol. The molecule has 192 valence electrons. The van der Waals surface area contributed by atoms with Crippen LogP contribution < -0.4 is 0 Å². The van der Waals surface area contributed by atoms with Crippen LogP contribution in [0.2, 0.25) is 0 Å². The summed E-state index contributed by atoms with van der Waals surface area (Å²) in [5.41, 5.74) is 0. The SMILES string of the molecule is CCCCCCCCC=CCCCCCCCCOCCC(C[N+](C)(C)C)OP(=O)(O)O. The van der Waals surface area contributed by atoms with Crippen molar-refractivity contribution in [3.8, 4) is 0 Å². The van der Waals surface area contributed by atoms with E-state index in [4.69, 9.17) is 19.0 Å². The number of rotatable bonds is 23. The third-order valence-corrected chi connectivity index (χ3v) is 6.00. The smallest absolute Gasteiger partial charge is 0.381 e. The van der Waals surface area contributed by atoms with E-state index in [1.54, 1.807) is 0 Å². The third-order valence-electron chi connectivity index (χ3n) is 5.42. The zero-order valence-electron chi connectivity index (χ0n) is 21.5. The fraction of sp³-hybridized carbons (Fsp3) is 0.920. The lowest BCUT2D eigenvalue weighted by Crippen LogP contribution is -2.42. The summed E-state index contributed by atoms with van der Waals surface area (Å²) in [6.07, 6.45) is 22.7. The summed E-state index contributed by atoms with van der Waals surface area (Å²) in [4.78, 5) is 18.2. The number of phosphoric ester groups is 1. The molecule has 0 aromatic carbocycles. The second kappa shape index (κ2) is 20.2. The molecule has 1 unspecified atom stereocenters. The zero-order valence-corrected chi connectivity index (χ0v) is 22.4. The minimum absolute atomic E-state index is 0.468. The van der Waals surface area contributed by atoms with E-state index in [1.807, 2.05) is 21.1 Å². The largest absolute Gasteiger partial charge is 0.470 e. The van der Waals surface area contributed by atoms with E-state index < -0.39 is 13.9 Å². The van der Waals surface area contributed by atoms with Crippen LogP contribution in [0.4, 0.5) is 0 Å². The van der Waals surface area contributed by atoms with Crippen LogP contribution in [0.15, 0.2) is 12.2 Å². The Labute approximate surface area is 198 Å². The lowest BCUT2D eigenvalue weighted by Gasteiger charge is -2.29. The topological polar surface area (TPSA) is 76.0 Å². The number of ether oxygens (including phenoxy) is 1. The molecule has 0 aliphatic rings. The summed E-state index contributed by atoms with van der Waals surface area (Å²) in [6.45, 7) is 3.97. The average Bonchev–Trinajstić information content (AvgIpc) is 2.67. The molecule has 0 heterocycles. The van der Waals surface area contributed by atoms with E-state index in [1.165, 1.54) is 83.5 Å². The van der Waals surface area contributed by atoms with Crippen molar-refractivity contribution >= 4 is 7.82 Å². The summed E-state index contributed by atoms with van der Waals surface area (Å²) in [6, 6.07) is 0. The molecule has 0 aromatic heterocycles. The molecular formula is C25H53NO5P+. The van der Waals surface area contributed by atoms with Gasteiger partial charge in [0, 0.05) is 19.6 Å². The predicted octanol–water partition coefficient (Wildman–Crippen LogP) is 6.61. The Morgan fingerprint density at radius 3 is 1.78 bits per heavy atom. The van der Waals surface area contributed by atoms with Crippen molar-refractivity contribution in [2.75, 3.05) is 40.9 Å². The van der Waals surface area contributed by atoms with Gasteiger partial charge in [0.1, 0.15) is 12.6 Å². The summed E-state index contributed by atoms with van der Waals surface area (Å²) < 4.78 is 22.3. The molecule has 2 N–H and O–H groups in total. The van der Waals surface area contributed by atoms with Gasteiger partial charge in [-0.15, -0.1) is 0 Å². The number of hydrogen-bond acceptors (Lipinski definition) is 3. The van der Waals surface area contributed by atoms with Gasteiger partial charge in [0.05, 0.1) is 21.1 Å². The lowest BCUT2D eigenvalue weighted by atomic mass is 10.1. The maximum atomic E-state index is 11.1. The van der Waals surface area contributed by atoms with Gasteiger partial charge in [0.2, 0.25) is 0 Å². The zero-order chi connectivity index (χ0) is 24.1. The highest BCUT2D eigenvalue weighted by molar-refractivity contribution is 7.46. The molecule has 0 amide bonds. The highest BCUT2D eigenvalue weighted by Gasteiger charge is 2.26. The molecule has 0 radical (unpaired) electrons. The quantitative estimate of drug-likeness (QED) is 0.0747. The van der Waals surface area contributed by atoms with Crippen molar-refractivity contribution in [1.29, 1.82) is 0 Å². The van der Waals surface area contributed by atoms with Gasteiger partial charge in [-0.3, -0.25) is 4.52 Å². The fourth-order valence-electron chi connectivity index (χ4n) is 3.75. The Hall–Kier alpha value is -0.230. The molecule has 0 rings (SSSR count). The first-order valence-electron chi connectivity index (χ1n) is 12.9. The van der Waals surface area contributed by atoms with Crippen molar-refractivity contribution in [1.82, 2.24) is 0 Å². The molecule has 0 saturated heterocycles. The molecule has 32 heavy (non-hydrogen) atoms. The van der Waals surface area contributed by atoms with Gasteiger partial charge in [-0.25, -0.2) is 4.57 Å². The van der Waals surface area contributed by atoms with E-state index in [9.17, 15) is 4.57 Å². The highest BCUT2D eigenvalue weighted by atomic mass is 31.2. The number of hydrogen-bond donors (Lipinski definition) is 2. The Bertz CT molecular complexity index is 487. The standard InChI is InChI=1S/C25H52NO5P/c1-5-6-7-8-9-10-11-12-13-14-15-16-17-18-19-20-22-30-23-21-25(24-26(2,3)4)31-32(27,28)29/h12-13,25H,5-11,14-24H2,1-4H3,(H-,27,28,29)/p+1. The number of nitrogens with zero attached hydrogens (tertiary/aromatic N) is 1. The Balaban J connectivity index is 3.50. The second-order valence-electron chi connectivity index (χ2n) is 10.0. The van der Waals surface area contributed by atoms with Crippen LogP contribution in [0.25, 0.3) is 0 Å². The Kier molecular flexibility index (Phi) is 20.0. The summed E-state index contributed by atoms with van der Waals surface area (Å²) in [7, 11) is 1.45. The van der Waals surface area contributed by atoms with E-state index in [0.717, 1.165) is 6.42 Å². The molecule has 0 aliphatic carbocycles. The van der Waals surface area contributed by atoms with Crippen LogP contribution >= 0.6 is 7.82 Å². The first kappa shape index (κ1) is 31.8. The molecule has 0 aromatic rings. The summed E-state index contributed by atoms with van der Waals surface area (Å²) in [5, 5.41) is 0. The molecule has 0 fully saturated rings. The summed E-state index contributed by atoms with van der Waals surface area (Å²) in [5.74, 6) is 0. The molecular weight excluding hydrogens is 425 g/mol. The van der Waals surface area contributed by atoms with Crippen molar-refractivity contribution < 1.29 is 28.1 Å². The molecule has 7 heteroatoms. The van der Waals surface area contributed by atoms with Crippen LogP contribution in [0.5, 0.6) is 0 Å². The highest BCUT2D eigenvalue weighted by Crippen LogP contribution is 2.38. The van der Waals surface area contributed by atoms with Crippen LogP contribution in [-0.4, -0.2) is 61.3 Å². The van der Waals surface area contributed by atoms with E-state index in [2.05, 4.69) is 19.1 Å². The molecule has 0 spiro atoms. The van der Waals surface area contributed by atoms with Gasteiger partial charge >= 0.3 is 7.82 Å². The predicted molar refractivity (Wildman–Crippen MR) is 135 cm³/mol. The van der Waals surface area contributed by atoms with E-state index >= 15 is 0 Å². The minimum atomic E-state index is -4.47. The van der Waals surface area contributed by atoms with Crippen molar-refractivity contribution in [3.63, 3.8) is 0 Å². The van der Waals surface area contributed by atoms with E-state index in [-0.39, 0.29) is 0 Å². The van der Waals surface area contributed by atoms with Gasteiger partial charge in [0.25, 0.3) is 0 Å². The first-order valence-corrected chi connectivity index (χ1v) is 14.4. The van der Waals surface area contributed by atoms with Crippen LogP contribution in [-0.2, 0) is 13.8 Å². The van der Waals surface area contributed by atoms with Crippen LogP contribution in [0.3, 0.4) is 0 Å². The first-order chi connectivity index (χ1) is 15.1. The third kappa shape index (κ3) is 26.0. The molecule has 0 aliphatic heterocycles. The van der Waals surface area contributed by atoms with Gasteiger partial charge in [-0.2, -0.15) is 0 Å². The average molecular weight is 479 g/mol. The molecule has 1 atom stereocenters. The van der Waals surface area contributed by atoms with Gasteiger partial charge in [-0.1, -0.05) is 76.9 Å². The molecule has 0 saturated carbocycles. The molecule has 0 bridgehead atoms. The number of phosphoric acid groups is 1.